The van der Waals surface area contributed by atoms with E-state index >= 15 is 0 Å². The fraction of sp³-hybridized carbons (Fsp3) is 0.278. The first-order chi connectivity index (χ1) is 10.3. The third-order valence-electron chi connectivity index (χ3n) is 3.02. The molecule has 0 saturated carbocycles. The molecule has 1 unspecified atom stereocenters. The van der Waals surface area contributed by atoms with Gasteiger partial charge in [-0.25, -0.2) is 4.79 Å². The first-order valence-corrected chi connectivity index (χ1v) is 7.09. The maximum absolute atomic E-state index is 11.8. The normalized spacial score (nSPS) is 11.9. The van der Waals surface area contributed by atoms with E-state index in [0.29, 0.717) is 25.4 Å². The van der Waals surface area contributed by atoms with Crippen molar-refractivity contribution in [2.75, 3.05) is 13.2 Å². The quantitative estimate of drug-likeness (QED) is 0.727. The number of hydrogen-bond donors (Lipinski definition) is 0. The zero-order valence-electron chi connectivity index (χ0n) is 12.2. The van der Waals surface area contributed by atoms with Crippen molar-refractivity contribution in [2.24, 2.45) is 5.92 Å². The van der Waals surface area contributed by atoms with E-state index in [0.717, 1.165) is 5.56 Å². The van der Waals surface area contributed by atoms with Crippen LogP contribution in [0.5, 0.6) is 0 Å². The summed E-state index contributed by atoms with van der Waals surface area (Å²) < 4.78 is 10.9. The van der Waals surface area contributed by atoms with Crippen molar-refractivity contribution in [3.05, 3.63) is 71.8 Å². The largest absolute Gasteiger partial charge is 0.462 e. The molecule has 0 amide bonds. The second-order valence-corrected chi connectivity index (χ2v) is 5.07. The highest BCUT2D eigenvalue weighted by Gasteiger charge is 2.09. The average Bonchev–Trinajstić information content (AvgIpc) is 2.54. The highest BCUT2D eigenvalue weighted by atomic mass is 16.5. The Kier molecular flexibility index (Phi) is 5.98. The Morgan fingerprint density at radius 1 is 0.952 bits per heavy atom. The Balaban J connectivity index is 1.66. The molecule has 0 aliphatic rings. The van der Waals surface area contributed by atoms with Gasteiger partial charge >= 0.3 is 5.97 Å². The van der Waals surface area contributed by atoms with Crippen LogP contribution < -0.4 is 0 Å². The van der Waals surface area contributed by atoms with Gasteiger partial charge in [0.25, 0.3) is 0 Å². The number of esters is 1. The number of benzene rings is 2. The van der Waals surface area contributed by atoms with Crippen LogP contribution in [0.1, 0.15) is 22.8 Å². The summed E-state index contributed by atoms with van der Waals surface area (Å²) in [6, 6.07) is 19.0. The minimum Gasteiger partial charge on any atom is -0.462 e. The van der Waals surface area contributed by atoms with E-state index in [4.69, 9.17) is 9.47 Å². The standard InChI is InChI=1S/C18H20O3/c1-15(12-20-14-16-8-4-2-5-9-16)13-21-18(19)17-10-6-3-7-11-17/h2-11,15H,12-14H2,1H3. The SMILES string of the molecule is CC(COCc1ccccc1)COC(=O)c1ccccc1. The monoisotopic (exact) mass is 284 g/mol. The molecule has 2 aromatic carbocycles. The van der Waals surface area contributed by atoms with Crippen LogP contribution in [0.3, 0.4) is 0 Å². The second-order valence-electron chi connectivity index (χ2n) is 5.07. The van der Waals surface area contributed by atoms with Gasteiger partial charge in [-0.2, -0.15) is 0 Å². The summed E-state index contributed by atoms with van der Waals surface area (Å²) in [5, 5.41) is 0. The van der Waals surface area contributed by atoms with Crippen LogP contribution in [-0.2, 0) is 16.1 Å². The van der Waals surface area contributed by atoms with E-state index < -0.39 is 0 Å². The third-order valence-corrected chi connectivity index (χ3v) is 3.02. The van der Waals surface area contributed by atoms with Crippen LogP contribution in [0.25, 0.3) is 0 Å². The summed E-state index contributed by atoms with van der Waals surface area (Å²) in [4.78, 5) is 11.8. The lowest BCUT2D eigenvalue weighted by molar-refractivity contribution is 0.0291. The predicted octanol–water partition coefficient (Wildman–Crippen LogP) is 3.70. The van der Waals surface area contributed by atoms with Crippen molar-refractivity contribution in [3.63, 3.8) is 0 Å². The number of rotatable bonds is 7. The lowest BCUT2D eigenvalue weighted by atomic mass is 10.2. The number of hydrogen-bond acceptors (Lipinski definition) is 3. The van der Waals surface area contributed by atoms with Crippen LogP contribution in [-0.4, -0.2) is 19.2 Å². The molecule has 3 heteroatoms. The van der Waals surface area contributed by atoms with Crippen LogP contribution in [0.15, 0.2) is 60.7 Å². The molecular weight excluding hydrogens is 264 g/mol. The number of carbonyl (C=O) groups is 1. The summed E-state index contributed by atoms with van der Waals surface area (Å²) >= 11 is 0. The summed E-state index contributed by atoms with van der Waals surface area (Å²) in [7, 11) is 0. The van der Waals surface area contributed by atoms with Gasteiger partial charge in [-0.1, -0.05) is 55.5 Å². The van der Waals surface area contributed by atoms with Crippen molar-refractivity contribution >= 4 is 5.97 Å². The molecule has 0 spiro atoms. The molecule has 0 fully saturated rings. The summed E-state index contributed by atoms with van der Waals surface area (Å²) in [6.45, 7) is 3.51. The van der Waals surface area contributed by atoms with Crippen molar-refractivity contribution in [1.82, 2.24) is 0 Å². The van der Waals surface area contributed by atoms with Crippen LogP contribution in [0.2, 0.25) is 0 Å². The van der Waals surface area contributed by atoms with Gasteiger partial charge in [0.15, 0.2) is 0 Å². The molecule has 2 aromatic rings. The molecule has 3 nitrogen and oxygen atoms in total. The van der Waals surface area contributed by atoms with Gasteiger partial charge in [-0.05, 0) is 17.7 Å². The van der Waals surface area contributed by atoms with E-state index in [1.165, 1.54) is 0 Å². The highest BCUT2D eigenvalue weighted by molar-refractivity contribution is 5.89. The van der Waals surface area contributed by atoms with Gasteiger partial charge in [0.05, 0.1) is 25.4 Å². The van der Waals surface area contributed by atoms with E-state index in [9.17, 15) is 4.79 Å². The van der Waals surface area contributed by atoms with Gasteiger partial charge < -0.3 is 9.47 Å². The molecule has 0 heterocycles. The molecule has 0 bridgehead atoms. The Hall–Kier alpha value is -2.13. The topological polar surface area (TPSA) is 35.5 Å². The molecule has 2 rings (SSSR count). The van der Waals surface area contributed by atoms with Crippen molar-refractivity contribution < 1.29 is 14.3 Å². The number of ether oxygens (including phenoxy) is 2. The maximum atomic E-state index is 11.8. The van der Waals surface area contributed by atoms with Crippen LogP contribution in [0.4, 0.5) is 0 Å². The van der Waals surface area contributed by atoms with Crippen molar-refractivity contribution in [2.45, 2.75) is 13.5 Å². The van der Waals surface area contributed by atoms with E-state index in [1.807, 2.05) is 55.5 Å². The third kappa shape index (κ3) is 5.40. The number of carbonyl (C=O) groups excluding carboxylic acids is 1. The maximum Gasteiger partial charge on any atom is 0.338 e. The molecule has 110 valence electrons. The van der Waals surface area contributed by atoms with E-state index in [-0.39, 0.29) is 11.9 Å². The Morgan fingerprint density at radius 2 is 1.57 bits per heavy atom. The fourth-order valence-corrected chi connectivity index (χ4v) is 1.88. The zero-order valence-corrected chi connectivity index (χ0v) is 12.2. The van der Waals surface area contributed by atoms with Gasteiger partial charge in [0, 0.05) is 5.92 Å². The lowest BCUT2D eigenvalue weighted by Crippen LogP contribution is -2.16. The lowest BCUT2D eigenvalue weighted by Gasteiger charge is -2.12. The minimum atomic E-state index is -0.287. The second kappa shape index (κ2) is 8.22. The highest BCUT2D eigenvalue weighted by Crippen LogP contribution is 2.06. The summed E-state index contributed by atoms with van der Waals surface area (Å²) in [6.07, 6.45) is 0. The van der Waals surface area contributed by atoms with Crippen molar-refractivity contribution in [3.8, 4) is 0 Å². The molecule has 21 heavy (non-hydrogen) atoms. The molecular formula is C18H20O3. The Morgan fingerprint density at radius 3 is 2.24 bits per heavy atom. The molecule has 0 aliphatic heterocycles. The van der Waals surface area contributed by atoms with Gasteiger partial charge in [0.1, 0.15) is 0 Å². The summed E-state index contributed by atoms with van der Waals surface area (Å²) in [5.41, 5.74) is 1.72. The first-order valence-electron chi connectivity index (χ1n) is 7.09. The molecule has 0 radical (unpaired) electrons. The van der Waals surface area contributed by atoms with Crippen LogP contribution in [0, 0.1) is 5.92 Å². The molecule has 0 aromatic heterocycles. The van der Waals surface area contributed by atoms with Crippen LogP contribution >= 0.6 is 0 Å². The van der Waals surface area contributed by atoms with E-state index in [1.54, 1.807) is 12.1 Å². The molecule has 0 aliphatic carbocycles. The first kappa shape index (κ1) is 15.3. The minimum absolute atomic E-state index is 0.168. The van der Waals surface area contributed by atoms with E-state index in [2.05, 4.69) is 0 Å². The Labute approximate surface area is 125 Å². The fourth-order valence-electron chi connectivity index (χ4n) is 1.88. The van der Waals surface area contributed by atoms with Gasteiger partial charge in [-0.3, -0.25) is 0 Å². The molecule has 0 N–H and O–H groups in total. The molecule has 1 atom stereocenters. The summed E-state index contributed by atoms with van der Waals surface area (Å²) in [5.74, 6) is -0.119. The van der Waals surface area contributed by atoms with Gasteiger partial charge in [0.2, 0.25) is 0 Å². The van der Waals surface area contributed by atoms with Gasteiger partial charge in [-0.15, -0.1) is 0 Å². The average molecular weight is 284 g/mol. The zero-order chi connectivity index (χ0) is 14.9. The molecule has 0 saturated heterocycles. The predicted molar refractivity (Wildman–Crippen MR) is 82.0 cm³/mol. The van der Waals surface area contributed by atoms with Crippen molar-refractivity contribution in [1.29, 1.82) is 0 Å². The smallest absolute Gasteiger partial charge is 0.338 e. The Bertz CT molecular complexity index is 537.